The highest BCUT2D eigenvalue weighted by Crippen LogP contribution is 2.37. The van der Waals surface area contributed by atoms with Gasteiger partial charge < -0.3 is 14.8 Å². The number of carbonyl (C=O) groups is 2. The molecule has 1 aliphatic carbocycles. The molecule has 0 aromatic rings. The van der Waals surface area contributed by atoms with Crippen molar-refractivity contribution in [2.45, 2.75) is 31.3 Å². The molecule has 3 atom stereocenters. The number of halogens is 2. The number of hydrogen-bond donors (Lipinski definition) is 0. The molecule has 0 aromatic carbocycles. The van der Waals surface area contributed by atoms with Crippen LogP contribution in [0.25, 0.3) is 0 Å². The summed E-state index contributed by atoms with van der Waals surface area (Å²) < 4.78 is 53.3. The van der Waals surface area contributed by atoms with Crippen LogP contribution in [-0.2, 0) is 23.9 Å². The van der Waals surface area contributed by atoms with Gasteiger partial charge in [-0.15, -0.1) is 0 Å². The van der Waals surface area contributed by atoms with Crippen molar-refractivity contribution in [1.82, 2.24) is 4.90 Å². The first-order valence-electron chi connectivity index (χ1n) is 6.74. The topological polar surface area (TPSA) is 104 Å². The lowest BCUT2D eigenvalue weighted by Crippen LogP contribution is -2.42. The Kier molecular flexibility index (Phi) is 4.44. The van der Waals surface area contributed by atoms with Crippen LogP contribution in [0.4, 0.5) is 8.78 Å². The summed E-state index contributed by atoms with van der Waals surface area (Å²) in [5.74, 6) is -7.55. The molecular formula is C12H16F2NO6S-. The Morgan fingerprint density at radius 2 is 1.86 bits per heavy atom. The number of hydrogen-bond acceptors (Lipinski definition) is 6. The van der Waals surface area contributed by atoms with E-state index in [1.165, 1.54) is 0 Å². The van der Waals surface area contributed by atoms with Gasteiger partial charge in [0.25, 0.3) is 16.0 Å². The maximum absolute atomic E-state index is 13.2. The Labute approximate surface area is 126 Å². The number of alkyl halides is 2. The smallest absolute Gasteiger partial charge is 0.267 e. The highest BCUT2D eigenvalue weighted by Gasteiger charge is 2.47. The number of aliphatic carboxylic acids is 1. The predicted molar refractivity (Wildman–Crippen MR) is 67.1 cm³/mol. The molecule has 2 aliphatic rings. The summed E-state index contributed by atoms with van der Waals surface area (Å²) in [5.41, 5.74) is 0. The van der Waals surface area contributed by atoms with Crippen LogP contribution in [0.1, 0.15) is 19.3 Å². The SMILES string of the molecule is CS(=O)(=O)O[C@H]1C[C@@H](C(=O)[O-])[C@H](C(=O)N2CCC(F)(F)C2)C1. The van der Waals surface area contributed by atoms with Crippen LogP contribution in [0.15, 0.2) is 0 Å². The van der Waals surface area contributed by atoms with E-state index in [2.05, 4.69) is 0 Å². The van der Waals surface area contributed by atoms with E-state index in [0.29, 0.717) is 0 Å². The number of carbonyl (C=O) groups excluding carboxylic acids is 2. The minimum atomic E-state index is -3.80. The molecule has 2 fully saturated rings. The zero-order chi connectivity index (χ0) is 16.7. The second kappa shape index (κ2) is 5.73. The zero-order valence-corrected chi connectivity index (χ0v) is 12.6. The lowest BCUT2D eigenvalue weighted by Gasteiger charge is -2.24. The summed E-state index contributed by atoms with van der Waals surface area (Å²) in [6.07, 6.45) is -0.958. The number of amides is 1. The Hall–Kier alpha value is -1.29. The largest absolute Gasteiger partial charge is 0.550 e. The minimum absolute atomic E-state index is 0.146. The van der Waals surface area contributed by atoms with Gasteiger partial charge in [0.15, 0.2) is 0 Å². The van der Waals surface area contributed by atoms with Crippen molar-refractivity contribution in [2.24, 2.45) is 11.8 Å². The van der Waals surface area contributed by atoms with E-state index < -0.39 is 58.8 Å². The van der Waals surface area contributed by atoms with Crippen LogP contribution in [0.5, 0.6) is 0 Å². The van der Waals surface area contributed by atoms with Crippen LogP contribution in [0.3, 0.4) is 0 Å². The second-order valence-electron chi connectivity index (χ2n) is 5.79. The first kappa shape index (κ1) is 17.1. The third kappa shape index (κ3) is 3.92. The van der Waals surface area contributed by atoms with Crippen LogP contribution >= 0.6 is 0 Å². The summed E-state index contributed by atoms with van der Waals surface area (Å²) in [4.78, 5) is 24.3. The lowest BCUT2D eigenvalue weighted by atomic mass is 9.95. The molecule has 22 heavy (non-hydrogen) atoms. The van der Waals surface area contributed by atoms with Crippen molar-refractivity contribution in [3.63, 3.8) is 0 Å². The predicted octanol–water partition coefficient (Wildman–Crippen LogP) is -1.03. The lowest BCUT2D eigenvalue weighted by molar-refractivity contribution is -0.312. The van der Waals surface area contributed by atoms with Crippen molar-refractivity contribution in [3.8, 4) is 0 Å². The molecule has 1 amide bonds. The molecule has 0 N–H and O–H groups in total. The van der Waals surface area contributed by atoms with Crippen molar-refractivity contribution >= 4 is 22.0 Å². The fourth-order valence-electron chi connectivity index (χ4n) is 3.01. The highest BCUT2D eigenvalue weighted by atomic mass is 32.2. The van der Waals surface area contributed by atoms with Gasteiger partial charge in [-0.3, -0.25) is 8.98 Å². The molecule has 0 spiro atoms. The van der Waals surface area contributed by atoms with Gasteiger partial charge in [0, 0.05) is 30.8 Å². The van der Waals surface area contributed by atoms with Crippen molar-refractivity contribution < 1.29 is 36.1 Å². The first-order valence-corrected chi connectivity index (χ1v) is 8.56. The fraction of sp³-hybridized carbons (Fsp3) is 0.833. The molecule has 10 heteroatoms. The van der Waals surface area contributed by atoms with Gasteiger partial charge in [0.1, 0.15) is 0 Å². The highest BCUT2D eigenvalue weighted by molar-refractivity contribution is 7.86. The van der Waals surface area contributed by atoms with Crippen molar-refractivity contribution in [3.05, 3.63) is 0 Å². The first-order chi connectivity index (χ1) is 9.98. The maximum atomic E-state index is 13.2. The van der Waals surface area contributed by atoms with E-state index in [1.54, 1.807) is 0 Å². The monoisotopic (exact) mass is 340 g/mol. The average molecular weight is 340 g/mol. The molecule has 0 radical (unpaired) electrons. The Balaban J connectivity index is 2.10. The van der Waals surface area contributed by atoms with E-state index in [0.717, 1.165) is 11.2 Å². The number of carboxylic acid groups (broad SMARTS) is 1. The van der Waals surface area contributed by atoms with E-state index in [9.17, 15) is 31.9 Å². The molecule has 1 aliphatic heterocycles. The maximum Gasteiger partial charge on any atom is 0.267 e. The molecule has 0 unspecified atom stereocenters. The molecule has 1 heterocycles. The van der Waals surface area contributed by atoms with Crippen LogP contribution in [0, 0.1) is 11.8 Å². The van der Waals surface area contributed by atoms with Crippen molar-refractivity contribution in [1.29, 1.82) is 0 Å². The summed E-state index contributed by atoms with van der Waals surface area (Å²) in [7, 11) is -3.80. The zero-order valence-electron chi connectivity index (χ0n) is 11.8. The molecule has 7 nitrogen and oxygen atoms in total. The standard InChI is InChI=1S/C12H17F2NO6S/c1-22(19,20)21-7-4-8(9(5-7)11(17)18)10(16)15-3-2-12(13,14)6-15/h7-9H,2-6H2,1H3,(H,17,18)/p-1/t7-,8-,9-/m1/s1. The minimum Gasteiger partial charge on any atom is -0.550 e. The quantitative estimate of drug-likeness (QED) is 0.607. The molecule has 0 bridgehead atoms. The van der Waals surface area contributed by atoms with Gasteiger partial charge in [-0.1, -0.05) is 0 Å². The fourth-order valence-corrected chi connectivity index (χ4v) is 3.66. The Bertz CT molecular complexity index is 578. The normalized spacial score (nSPS) is 31.4. The van der Waals surface area contributed by atoms with Gasteiger partial charge in [-0.2, -0.15) is 8.42 Å². The molecule has 0 aromatic heterocycles. The van der Waals surface area contributed by atoms with E-state index in [1.807, 2.05) is 0 Å². The number of rotatable bonds is 4. The average Bonchev–Trinajstić information content (AvgIpc) is 2.90. The summed E-state index contributed by atoms with van der Waals surface area (Å²) in [5, 5.41) is 11.1. The van der Waals surface area contributed by atoms with Gasteiger partial charge in [0.2, 0.25) is 5.91 Å². The summed E-state index contributed by atoms with van der Waals surface area (Å²) >= 11 is 0. The molecule has 2 rings (SSSR count). The summed E-state index contributed by atoms with van der Waals surface area (Å²) in [6, 6.07) is 0. The third-order valence-electron chi connectivity index (χ3n) is 3.93. The van der Waals surface area contributed by atoms with Gasteiger partial charge >= 0.3 is 0 Å². The van der Waals surface area contributed by atoms with Gasteiger partial charge in [-0.25, -0.2) is 8.78 Å². The van der Waals surface area contributed by atoms with Crippen LogP contribution in [-0.4, -0.2) is 56.6 Å². The second-order valence-corrected chi connectivity index (χ2v) is 7.39. The molecule has 1 saturated heterocycles. The third-order valence-corrected chi connectivity index (χ3v) is 4.55. The van der Waals surface area contributed by atoms with E-state index >= 15 is 0 Å². The van der Waals surface area contributed by atoms with Crippen LogP contribution in [0.2, 0.25) is 0 Å². The molecular weight excluding hydrogens is 324 g/mol. The van der Waals surface area contributed by atoms with Gasteiger partial charge in [0.05, 0.1) is 18.9 Å². The molecule has 1 saturated carbocycles. The van der Waals surface area contributed by atoms with E-state index in [-0.39, 0.29) is 19.4 Å². The number of nitrogens with zero attached hydrogens (tertiary/aromatic N) is 1. The Morgan fingerprint density at radius 3 is 2.32 bits per heavy atom. The number of carboxylic acids is 1. The van der Waals surface area contributed by atoms with Gasteiger partial charge in [-0.05, 0) is 12.8 Å². The van der Waals surface area contributed by atoms with Crippen molar-refractivity contribution in [2.75, 3.05) is 19.3 Å². The van der Waals surface area contributed by atoms with E-state index in [4.69, 9.17) is 4.18 Å². The van der Waals surface area contributed by atoms with Crippen LogP contribution < -0.4 is 5.11 Å². The summed E-state index contributed by atoms with van der Waals surface area (Å²) in [6.45, 7) is -0.903. The number of likely N-dealkylation sites (tertiary alicyclic amines) is 1. The molecule has 126 valence electrons. The Morgan fingerprint density at radius 1 is 1.27 bits per heavy atom.